The number of likely N-dealkylation sites (tertiary alicyclic amines) is 1. The van der Waals surface area contributed by atoms with Crippen LogP contribution >= 0.6 is 23.7 Å². The monoisotopic (exact) mass is 419 g/mol. The highest BCUT2D eigenvalue weighted by molar-refractivity contribution is 7.14. The van der Waals surface area contributed by atoms with Crippen LogP contribution in [0.15, 0.2) is 29.6 Å². The quantitative estimate of drug-likeness (QED) is 0.792. The zero-order valence-corrected chi connectivity index (χ0v) is 17.6. The van der Waals surface area contributed by atoms with E-state index in [1.54, 1.807) is 6.07 Å². The summed E-state index contributed by atoms with van der Waals surface area (Å²) in [6.07, 6.45) is 4.20. The van der Waals surface area contributed by atoms with Crippen LogP contribution in [0, 0.1) is 5.41 Å². The maximum absolute atomic E-state index is 12.9. The molecular weight excluding hydrogens is 394 g/mol. The Morgan fingerprint density at radius 2 is 2.04 bits per heavy atom. The summed E-state index contributed by atoms with van der Waals surface area (Å²) in [6.45, 7) is 4.06. The Hall–Kier alpha value is -1.89. The highest BCUT2D eigenvalue weighted by atomic mass is 35.5. The lowest BCUT2D eigenvalue weighted by Crippen LogP contribution is -2.34. The largest absolute Gasteiger partial charge is 0.338 e. The highest BCUT2D eigenvalue weighted by Crippen LogP contribution is 2.32. The Kier molecular flexibility index (Phi) is 6.12. The number of rotatable bonds is 4. The Morgan fingerprint density at radius 3 is 2.79 bits per heavy atom. The molecule has 0 saturated carbocycles. The zero-order chi connectivity index (χ0) is 19.0. The van der Waals surface area contributed by atoms with E-state index < -0.39 is 0 Å². The third-order valence-corrected chi connectivity index (χ3v) is 6.65. The van der Waals surface area contributed by atoms with E-state index in [1.807, 2.05) is 22.4 Å². The molecule has 2 aromatic rings. The molecule has 1 aromatic heterocycles. The summed E-state index contributed by atoms with van der Waals surface area (Å²) in [6, 6.07) is 7.71. The fraction of sp³-hybridized carbons (Fsp3) is 0.429. The number of amides is 2. The Morgan fingerprint density at radius 1 is 1.25 bits per heavy atom. The standard InChI is InChI=1S/C21H25N3O2S.ClH/c1-21(12-22)8-9-24(13-21)20(26)17-7-10-27-19(17)23-18(25)16-6-5-14-3-2-4-15(14)11-16;/h5-7,10-11H,2-4,8-9,12-13,22H2,1H3,(H,23,25);1H. The predicted octanol–water partition coefficient (Wildman–Crippen LogP) is 3.72. The number of hydrogen-bond donors (Lipinski definition) is 2. The predicted molar refractivity (Wildman–Crippen MR) is 116 cm³/mol. The second-order valence-corrected chi connectivity index (χ2v) is 8.86. The van der Waals surface area contributed by atoms with Gasteiger partial charge >= 0.3 is 0 Å². The van der Waals surface area contributed by atoms with Gasteiger partial charge in [-0.15, -0.1) is 23.7 Å². The Balaban J connectivity index is 0.00000225. The summed E-state index contributed by atoms with van der Waals surface area (Å²) in [5.41, 5.74) is 9.67. The molecule has 1 unspecified atom stereocenters. The van der Waals surface area contributed by atoms with Gasteiger partial charge in [0.1, 0.15) is 5.00 Å². The summed E-state index contributed by atoms with van der Waals surface area (Å²) in [5, 5.41) is 5.41. The first-order chi connectivity index (χ1) is 13.0. The topological polar surface area (TPSA) is 75.4 Å². The van der Waals surface area contributed by atoms with Crippen LogP contribution in [0.2, 0.25) is 0 Å². The number of anilines is 1. The Labute approximate surface area is 175 Å². The number of thiophene rings is 1. The fourth-order valence-corrected chi connectivity index (χ4v) is 4.77. The third kappa shape index (κ3) is 3.95. The number of nitrogens with zero attached hydrogens (tertiary/aromatic N) is 1. The van der Waals surface area contributed by atoms with Crippen LogP contribution in [0.1, 0.15) is 51.6 Å². The first-order valence-electron chi connectivity index (χ1n) is 9.49. The zero-order valence-electron chi connectivity index (χ0n) is 16.0. The van der Waals surface area contributed by atoms with Gasteiger partial charge in [-0.2, -0.15) is 0 Å². The van der Waals surface area contributed by atoms with Crippen LogP contribution in [-0.4, -0.2) is 36.3 Å². The number of carbonyl (C=O) groups is 2. The average Bonchev–Trinajstić information content (AvgIpc) is 3.40. The van der Waals surface area contributed by atoms with Gasteiger partial charge < -0.3 is 16.0 Å². The number of benzene rings is 1. The number of carbonyl (C=O) groups excluding carboxylic acids is 2. The molecule has 0 radical (unpaired) electrons. The molecule has 4 rings (SSSR count). The van der Waals surface area contributed by atoms with Crippen LogP contribution < -0.4 is 11.1 Å². The molecule has 1 aromatic carbocycles. The molecule has 0 bridgehead atoms. The third-order valence-electron chi connectivity index (χ3n) is 5.82. The molecule has 1 aliphatic heterocycles. The lowest BCUT2D eigenvalue weighted by molar-refractivity contribution is 0.0778. The van der Waals surface area contributed by atoms with E-state index >= 15 is 0 Å². The van der Waals surface area contributed by atoms with Crippen molar-refractivity contribution in [2.45, 2.75) is 32.6 Å². The number of hydrogen-bond acceptors (Lipinski definition) is 4. The van der Waals surface area contributed by atoms with Crippen molar-refractivity contribution < 1.29 is 9.59 Å². The van der Waals surface area contributed by atoms with E-state index in [9.17, 15) is 9.59 Å². The second kappa shape index (κ2) is 8.23. The minimum Gasteiger partial charge on any atom is -0.338 e. The van der Waals surface area contributed by atoms with E-state index in [4.69, 9.17) is 5.73 Å². The molecule has 1 atom stereocenters. The molecule has 2 amide bonds. The highest BCUT2D eigenvalue weighted by Gasteiger charge is 2.36. The summed E-state index contributed by atoms with van der Waals surface area (Å²) >= 11 is 1.39. The molecule has 7 heteroatoms. The van der Waals surface area contributed by atoms with Gasteiger partial charge in [-0.3, -0.25) is 9.59 Å². The molecule has 5 nitrogen and oxygen atoms in total. The van der Waals surface area contributed by atoms with Gasteiger partial charge in [-0.25, -0.2) is 0 Å². The van der Waals surface area contributed by atoms with Gasteiger partial charge in [0, 0.05) is 18.7 Å². The Bertz CT molecular complexity index is 898. The normalized spacial score (nSPS) is 20.6. The first-order valence-corrected chi connectivity index (χ1v) is 10.4. The van der Waals surface area contributed by atoms with Crippen molar-refractivity contribution in [1.82, 2.24) is 4.90 Å². The molecule has 1 fully saturated rings. The number of nitrogens with two attached hydrogens (primary N) is 1. The lowest BCUT2D eigenvalue weighted by Gasteiger charge is -2.22. The van der Waals surface area contributed by atoms with Gasteiger partial charge in [0.2, 0.25) is 0 Å². The minimum atomic E-state index is -0.158. The van der Waals surface area contributed by atoms with Gasteiger partial charge in [0.15, 0.2) is 0 Å². The van der Waals surface area contributed by atoms with Crippen molar-refractivity contribution in [3.05, 3.63) is 51.9 Å². The first kappa shape index (κ1) is 20.8. The molecular formula is C21H26ClN3O2S. The fourth-order valence-electron chi connectivity index (χ4n) is 4.00. The summed E-state index contributed by atoms with van der Waals surface area (Å²) in [7, 11) is 0. The number of nitrogens with one attached hydrogen (secondary N) is 1. The molecule has 3 N–H and O–H groups in total. The van der Waals surface area contributed by atoms with Crippen LogP contribution in [0.3, 0.4) is 0 Å². The van der Waals surface area contributed by atoms with Crippen LogP contribution in [0.5, 0.6) is 0 Å². The van der Waals surface area contributed by atoms with Crippen molar-refractivity contribution >= 4 is 40.6 Å². The van der Waals surface area contributed by atoms with Crippen LogP contribution in [-0.2, 0) is 12.8 Å². The molecule has 150 valence electrons. The van der Waals surface area contributed by atoms with Gasteiger partial charge in [-0.05, 0) is 72.3 Å². The molecule has 28 heavy (non-hydrogen) atoms. The van der Waals surface area contributed by atoms with Crippen molar-refractivity contribution in [2.75, 3.05) is 25.0 Å². The molecule has 1 saturated heterocycles. The smallest absolute Gasteiger partial charge is 0.256 e. The van der Waals surface area contributed by atoms with Crippen molar-refractivity contribution in [1.29, 1.82) is 0 Å². The maximum Gasteiger partial charge on any atom is 0.256 e. The minimum absolute atomic E-state index is 0. The van der Waals surface area contributed by atoms with Gasteiger partial charge in [0.05, 0.1) is 5.56 Å². The molecule has 0 spiro atoms. The van der Waals surface area contributed by atoms with Gasteiger partial charge in [-0.1, -0.05) is 13.0 Å². The molecule has 1 aliphatic carbocycles. The number of halogens is 1. The molecule has 2 heterocycles. The van der Waals surface area contributed by atoms with Gasteiger partial charge in [0.25, 0.3) is 11.8 Å². The SMILES string of the molecule is CC1(CN)CCN(C(=O)c2ccsc2NC(=O)c2ccc3c(c2)CCC3)C1.Cl. The van der Waals surface area contributed by atoms with Crippen molar-refractivity contribution in [3.63, 3.8) is 0 Å². The average molecular weight is 420 g/mol. The summed E-state index contributed by atoms with van der Waals surface area (Å²) < 4.78 is 0. The van der Waals surface area contributed by atoms with E-state index in [0.717, 1.165) is 25.7 Å². The van der Waals surface area contributed by atoms with E-state index in [-0.39, 0.29) is 29.6 Å². The summed E-state index contributed by atoms with van der Waals surface area (Å²) in [4.78, 5) is 27.5. The second-order valence-electron chi connectivity index (χ2n) is 7.95. The van der Waals surface area contributed by atoms with Crippen molar-refractivity contribution in [3.8, 4) is 0 Å². The van der Waals surface area contributed by atoms with E-state index in [1.165, 1.54) is 22.5 Å². The molecule has 2 aliphatic rings. The maximum atomic E-state index is 12.9. The van der Waals surface area contributed by atoms with Crippen LogP contribution in [0.4, 0.5) is 5.00 Å². The van der Waals surface area contributed by atoms with Crippen LogP contribution in [0.25, 0.3) is 0 Å². The number of aryl methyl sites for hydroxylation is 2. The summed E-state index contributed by atoms with van der Waals surface area (Å²) in [5.74, 6) is -0.188. The van der Waals surface area contributed by atoms with Crippen molar-refractivity contribution in [2.24, 2.45) is 11.1 Å². The van der Waals surface area contributed by atoms with E-state index in [2.05, 4.69) is 18.3 Å². The number of fused-ring (bicyclic) bond motifs is 1. The lowest BCUT2D eigenvalue weighted by atomic mass is 9.90. The van der Waals surface area contributed by atoms with E-state index in [0.29, 0.717) is 35.8 Å².